The molecule has 0 aromatic rings. The van der Waals surface area contributed by atoms with Crippen LogP contribution in [0.1, 0.15) is 284 Å². The Balaban J connectivity index is 2.62. The molecule has 1 aliphatic rings. The Hall–Kier alpha value is -2.90. The number of unbranched alkanes of at least 4 members (excludes halogenated alkanes) is 31. The van der Waals surface area contributed by atoms with Crippen molar-refractivity contribution in [2.24, 2.45) is 0 Å². The van der Waals surface area contributed by atoms with E-state index in [2.05, 4.69) is 74.7 Å². The first kappa shape index (κ1) is 74.1. The molecule has 11 heteroatoms. The molecule has 1 rings (SSSR count). The van der Waals surface area contributed by atoms with Gasteiger partial charge in [-0.05, 0) is 64.2 Å². The van der Waals surface area contributed by atoms with Crippen molar-refractivity contribution < 1.29 is 49.3 Å². The van der Waals surface area contributed by atoms with Crippen molar-refractivity contribution in [3.05, 3.63) is 72.9 Å². The van der Waals surface area contributed by atoms with Crippen LogP contribution in [0.15, 0.2) is 72.9 Å². The quantitative estimate of drug-likeness (QED) is 0.0195. The molecule has 0 bridgehead atoms. The minimum absolute atomic E-state index is 0.118. The van der Waals surface area contributed by atoms with Gasteiger partial charge in [0, 0.05) is 6.42 Å². The van der Waals surface area contributed by atoms with Crippen molar-refractivity contribution in [1.29, 1.82) is 0 Å². The smallest absolute Gasteiger partial charge is 0.306 e. The molecule has 1 saturated heterocycles. The highest BCUT2D eigenvalue weighted by atomic mass is 16.7. The number of aliphatic hydroxyl groups is 5. The summed E-state index contributed by atoms with van der Waals surface area (Å²) in [7, 11) is 0. The monoisotopic (exact) mass is 1110 g/mol. The van der Waals surface area contributed by atoms with Gasteiger partial charge in [-0.25, -0.2) is 0 Å². The Morgan fingerprint density at radius 1 is 0.506 bits per heavy atom. The highest BCUT2D eigenvalue weighted by Gasteiger charge is 2.47. The van der Waals surface area contributed by atoms with E-state index in [1.165, 1.54) is 161 Å². The van der Waals surface area contributed by atoms with Crippen LogP contribution in [-0.4, -0.2) is 99.6 Å². The molecule has 1 fully saturated rings. The number of aliphatic hydroxyl groups excluding tert-OH is 5. The largest absolute Gasteiger partial charge is 0.454 e. The third kappa shape index (κ3) is 43.5. The fourth-order valence-corrected chi connectivity index (χ4v) is 9.98. The molecule has 1 heterocycles. The summed E-state index contributed by atoms with van der Waals surface area (Å²) in [6.45, 7) is 5.65. The first-order chi connectivity index (χ1) is 38.7. The minimum atomic E-state index is -1.62. The number of hydrogen-bond acceptors (Lipinski definition) is 10. The maximum absolute atomic E-state index is 13.4. The SMILES string of the molecule is CC/C=C\C/C=C\C/C=C\C/C=C\C/C=C\CCC(O)C(=O)NC(COC1OC(CO)C(O)C(O)C1OC(=O)CCCCCCCCCCCCCCCCCCCCCCCCC)C(O)/C=C/CCCCCCCCCCC. The Morgan fingerprint density at radius 3 is 1.34 bits per heavy atom. The summed E-state index contributed by atoms with van der Waals surface area (Å²) in [5, 5.41) is 56.9. The topological polar surface area (TPSA) is 175 Å². The summed E-state index contributed by atoms with van der Waals surface area (Å²) in [4.78, 5) is 26.5. The van der Waals surface area contributed by atoms with E-state index in [1.54, 1.807) is 6.08 Å². The van der Waals surface area contributed by atoms with Crippen LogP contribution in [0.25, 0.3) is 0 Å². The van der Waals surface area contributed by atoms with Crippen LogP contribution in [0.5, 0.6) is 0 Å². The normalized spacial score (nSPS) is 19.3. The van der Waals surface area contributed by atoms with Gasteiger partial charge in [-0.3, -0.25) is 9.59 Å². The van der Waals surface area contributed by atoms with Gasteiger partial charge in [-0.15, -0.1) is 0 Å². The highest BCUT2D eigenvalue weighted by molar-refractivity contribution is 5.80. The molecule has 79 heavy (non-hydrogen) atoms. The molecule has 0 radical (unpaired) electrons. The van der Waals surface area contributed by atoms with E-state index in [0.717, 1.165) is 77.0 Å². The Bertz CT molecular complexity index is 1560. The summed E-state index contributed by atoms with van der Waals surface area (Å²) in [6.07, 6.45) is 61.1. The lowest BCUT2D eigenvalue weighted by atomic mass is 9.99. The van der Waals surface area contributed by atoms with Crippen LogP contribution in [0.4, 0.5) is 0 Å². The molecule has 1 amide bonds. The first-order valence-electron chi connectivity index (χ1n) is 32.7. The first-order valence-corrected chi connectivity index (χ1v) is 32.7. The molecule has 458 valence electrons. The standard InChI is InChI=1S/C68H121NO10/c1-4-7-10-13-16-19-22-24-26-28-29-30-31-32-33-34-36-38-41-44-47-50-53-56-63(73)79-66-65(75)64(74)62(57-70)78-68(66)77-58-59(60(71)54-51-48-45-42-39-21-18-15-12-9-6-3)69-67(76)61(72)55-52-49-46-43-40-37-35-27-25-23-20-17-14-11-8-5-2/h8,11,17,20,25,27,37,40,46,49,51,54,59-62,64-66,68,70-72,74-75H,4-7,9-10,12-16,18-19,21-24,26,28-36,38-39,41-45,47-48,50,52-53,55-58H2,1-3H3,(H,69,76)/b11-8-,20-17-,27-25-,40-37-,49-46-,54-51+. The zero-order valence-corrected chi connectivity index (χ0v) is 50.7. The average molecular weight is 1110 g/mol. The Labute approximate surface area is 483 Å². The summed E-state index contributed by atoms with van der Waals surface area (Å²) in [5.41, 5.74) is 0. The van der Waals surface area contributed by atoms with Gasteiger partial charge in [0.2, 0.25) is 5.91 Å². The van der Waals surface area contributed by atoms with E-state index >= 15 is 0 Å². The number of carbonyl (C=O) groups is 2. The number of amides is 1. The molecular weight excluding hydrogens is 991 g/mol. The van der Waals surface area contributed by atoms with Crippen LogP contribution in [-0.2, 0) is 23.8 Å². The zero-order valence-electron chi connectivity index (χ0n) is 50.7. The number of allylic oxidation sites excluding steroid dienone is 11. The molecule has 6 N–H and O–H groups in total. The highest BCUT2D eigenvalue weighted by Crippen LogP contribution is 2.26. The third-order valence-corrected chi connectivity index (χ3v) is 15.1. The van der Waals surface area contributed by atoms with Gasteiger partial charge in [0.1, 0.15) is 24.4 Å². The van der Waals surface area contributed by atoms with Crippen LogP contribution < -0.4 is 5.32 Å². The predicted molar refractivity (Wildman–Crippen MR) is 329 cm³/mol. The van der Waals surface area contributed by atoms with Gasteiger partial charge in [0.05, 0.1) is 25.4 Å². The van der Waals surface area contributed by atoms with Gasteiger partial charge >= 0.3 is 5.97 Å². The van der Waals surface area contributed by atoms with Crippen LogP contribution in [0.2, 0.25) is 0 Å². The van der Waals surface area contributed by atoms with Crippen molar-refractivity contribution in [1.82, 2.24) is 5.32 Å². The van der Waals surface area contributed by atoms with Gasteiger partial charge < -0.3 is 45.1 Å². The molecule has 0 spiro atoms. The maximum Gasteiger partial charge on any atom is 0.306 e. The van der Waals surface area contributed by atoms with Gasteiger partial charge in [-0.2, -0.15) is 0 Å². The summed E-state index contributed by atoms with van der Waals surface area (Å²) >= 11 is 0. The van der Waals surface area contributed by atoms with Crippen molar-refractivity contribution in [3.8, 4) is 0 Å². The van der Waals surface area contributed by atoms with Crippen LogP contribution in [0, 0.1) is 0 Å². The molecule has 1 aliphatic heterocycles. The maximum atomic E-state index is 13.4. The van der Waals surface area contributed by atoms with E-state index in [-0.39, 0.29) is 19.4 Å². The fraction of sp³-hybridized carbons (Fsp3) is 0.794. The average Bonchev–Trinajstić information content (AvgIpc) is 3.45. The molecule has 0 saturated carbocycles. The fourth-order valence-electron chi connectivity index (χ4n) is 9.98. The number of ether oxygens (including phenoxy) is 3. The number of esters is 1. The van der Waals surface area contributed by atoms with Gasteiger partial charge in [-0.1, -0.05) is 286 Å². The molecule has 0 aromatic heterocycles. The Kier molecular flexibility index (Phi) is 52.2. The molecule has 0 aliphatic carbocycles. The van der Waals surface area contributed by atoms with Crippen molar-refractivity contribution in [2.45, 2.75) is 333 Å². The van der Waals surface area contributed by atoms with Crippen molar-refractivity contribution in [2.75, 3.05) is 13.2 Å². The van der Waals surface area contributed by atoms with Crippen molar-refractivity contribution >= 4 is 11.9 Å². The van der Waals surface area contributed by atoms with E-state index in [0.29, 0.717) is 12.8 Å². The van der Waals surface area contributed by atoms with Crippen LogP contribution in [0.3, 0.4) is 0 Å². The number of carbonyl (C=O) groups excluding carboxylic acids is 2. The molecule has 8 atom stereocenters. The summed E-state index contributed by atoms with van der Waals surface area (Å²) in [5.74, 6) is -1.25. The second kappa shape index (κ2) is 55.6. The number of hydrogen-bond donors (Lipinski definition) is 6. The summed E-state index contributed by atoms with van der Waals surface area (Å²) in [6, 6.07) is -1.05. The summed E-state index contributed by atoms with van der Waals surface area (Å²) < 4.78 is 17.6. The minimum Gasteiger partial charge on any atom is -0.454 e. The number of rotatable bonds is 55. The van der Waals surface area contributed by atoms with E-state index in [1.807, 2.05) is 18.2 Å². The number of nitrogens with one attached hydrogen (secondary N) is 1. The second-order valence-corrected chi connectivity index (χ2v) is 22.5. The van der Waals surface area contributed by atoms with E-state index in [4.69, 9.17) is 14.2 Å². The second-order valence-electron chi connectivity index (χ2n) is 22.5. The Morgan fingerprint density at radius 2 is 0.911 bits per heavy atom. The zero-order chi connectivity index (χ0) is 57.5. The van der Waals surface area contributed by atoms with E-state index in [9.17, 15) is 35.1 Å². The lowest BCUT2D eigenvalue weighted by Gasteiger charge is -2.41. The molecular formula is C68H121NO10. The predicted octanol–water partition coefficient (Wildman–Crippen LogP) is 16.0. The van der Waals surface area contributed by atoms with Crippen LogP contribution >= 0.6 is 0 Å². The van der Waals surface area contributed by atoms with E-state index < -0.39 is 67.4 Å². The molecule has 11 nitrogen and oxygen atoms in total. The lowest BCUT2D eigenvalue weighted by molar-refractivity contribution is -0.305. The lowest BCUT2D eigenvalue weighted by Crippen LogP contribution is -2.61. The van der Waals surface area contributed by atoms with Crippen molar-refractivity contribution in [3.63, 3.8) is 0 Å². The molecule has 0 aromatic carbocycles. The molecule has 8 unspecified atom stereocenters. The third-order valence-electron chi connectivity index (χ3n) is 15.1. The van der Waals surface area contributed by atoms with Gasteiger partial charge in [0.25, 0.3) is 0 Å². The van der Waals surface area contributed by atoms with Gasteiger partial charge in [0.15, 0.2) is 12.4 Å².